The van der Waals surface area contributed by atoms with Crippen LogP contribution in [-0.2, 0) is 6.42 Å². The Hall–Kier alpha value is -1.39. The summed E-state index contributed by atoms with van der Waals surface area (Å²) in [6, 6.07) is 4.54. The molecule has 16 heavy (non-hydrogen) atoms. The molecule has 2 rings (SSSR count). The Morgan fingerprint density at radius 2 is 2.25 bits per heavy atom. The van der Waals surface area contributed by atoms with Crippen LogP contribution < -0.4 is 5.73 Å². The lowest BCUT2D eigenvalue weighted by molar-refractivity contribution is 0.628. The monoisotopic (exact) mass is 239 g/mol. The van der Waals surface area contributed by atoms with Gasteiger partial charge in [-0.2, -0.15) is 0 Å². The van der Waals surface area contributed by atoms with Gasteiger partial charge in [0.1, 0.15) is 5.82 Å². The van der Waals surface area contributed by atoms with Gasteiger partial charge in [-0.1, -0.05) is 11.6 Å². The quantitative estimate of drug-likeness (QED) is 0.892. The van der Waals surface area contributed by atoms with Gasteiger partial charge < -0.3 is 10.3 Å². The molecule has 0 atom stereocenters. The molecular formula is C11H11ClFN3. The van der Waals surface area contributed by atoms with Crippen molar-refractivity contribution in [1.82, 2.24) is 9.55 Å². The average Bonchev–Trinajstić information content (AvgIpc) is 2.71. The van der Waals surface area contributed by atoms with E-state index < -0.39 is 5.82 Å². The van der Waals surface area contributed by atoms with Gasteiger partial charge >= 0.3 is 0 Å². The Morgan fingerprint density at radius 1 is 1.44 bits per heavy atom. The molecule has 5 heteroatoms. The summed E-state index contributed by atoms with van der Waals surface area (Å²) in [5.74, 6) is -0.423. The summed E-state index contributed by atoms with van der Waals surface area (Å²) < 4.78 is 14.8. The van der Waals surface area contributed by atoms with Crippen LogP contribution in [0.2, 0.25) is 5.02 Å². The molecule has 0 aliphatic heterocycles. The highest BCUT2D eigenvalue weighted by Crippen LogP contribution is 2.18. The third-order valence-electron chi connectivity index (χ3n) is 2.24. The summed E-state index contributed by atoms with van der Waals surface area (Å²) in [6.07, 6.45) is 4.24. The van der Waals surface area contributed by atoms with Gasteiger partial charge in [0.25, 0.3) is 0 Å². The van der Waals surface area contributed by atoms with Crippen molar-refractivity contribution in [2.45, 2.75) is 6.42 Å². The zero-order chi connectivity index (χ0) is 11.5. The normalized spacial score (nSPS) is 10.7. The van der Waals surface area contributed by atoms with E-state index in [0.29, 0.717) is 6.54 Å². The van der Waals surface area contributed by atoms with Crippen LogP contribution in [-0.4, -0.2) is 16.1 Å². The van der Waals surface area contributed by atoms with Gasteiger partial charge in [-0.15, -0.1) is 0 Å². The van der Waals surface area contributed by atoms with E-state index >= 15 is 0 Å². The first-order chi connectivity index (χ1) is 7.70. The summed E-state index contributed by atoms with van der Waals surface area (Å²) in [4.78, 5) is 4.18. The lowest BCUT2D eigenvalue weighted by Crippen LogP contribution is -2.02. The van der Waals surface area contributed by atoms with Crippen molar-refractivity contribution in [2.24, 2.45) is 5.73 Å². The van der Waals surface area contributed by atoms with E-state index in [2.05, 4.69) is 4.98 Å². The molecule has 0 radical (unpaired) electrons. The highest BCUT2D eigenvalue weighted by atomic mass is 35.5. The van der Waals surface area contributed by atoms with Crippen molar-refractivity contribution in [1.29, 1.82) is 0 Å². The molecule has 0 saturated carbocycles. The van der Waals surface area contributed by atoms with E-state index in [4.69, 9.17) is 17.3 Å². The largest absolute Gasteiger partial charge is 0.330 e. The number of aromatic nitrogens is 2. The van der Waals surface area contributed by atoms with E-state index in [0.717, 1.165) is 17.8 Å². The standard InChI is InChI=1S/C11H11ClFN3/c12-10-5-9(1-2-11(10)13)16-6-8(3-4-14)15-7-16/h1-2,5-7H,3-4,14H2. The minimum atomic E-state index is -0.423. The molecule has 0 fully saturated rings. The van der Waals surface area contributed by atoms with Gasteiger partial charge in [-0.3, -0.25) is 0 Å². The van der Waals surface area contributed by atoms with Crippen LogP contribution in [0.4, 0.5) is 4.39 Å². The molecule has 0 spiro atoms. The number of halogens is 2. The molecule has 0 saturated heterocycles. The second kappa shape index (κ2) is 4.63. The molecule has 0 aliphatic rings. The first-order valence-electron chi connectivity index (χ1n) is 4.89. The van der Waals surface area contributed by atoms with Gasteiger partial charge in [0.05, 0.1) is 17.0 Å². The molecule has 0 unspecified atom stereocenters. The predicted octanol–water partition coefficient (Wildman–Crippen LogP) is 2.17. The van der Waals surface area contributed by atoms with E-state index in [1.165, 1.54) is 6.07 Å². The van der Waals surface area contributed by atoms with Crippen LogP contribution in [0.1, 0.15) is 5.69 Å². The highest BCUT2D eigenvalue weighted by Gasteiger charge is 2.04. The molecule has 3 nitrogen and oxygen atoms in total. The molecular weight excluding hydrogens is 229 g/mol. The number of imidazole rings is 1. The van der Waals surface area contributed by atoms with E-state index in [-0.39, 0.29) is 5.02 Å². The SMILES string of the molecule is NCCc1cn(-c2ccc(F)c(Cl)c2)cn1. The number of nitrogens with zero attached hydrogens (tertiary/aromatic N) is 2. The van der Waals surface area contributed by atoms with Gasteiger partial charge in [0.2, 0.25) is 0 Å². The minimum Gasteiger partial charge on any atom is -0.330 e. The van der Waals surface area contributed by atoms with E-state index in [1.807, 2.05) is 6.20 Å². The van der Waals surface area contributed by atoms with Crippen molar-refractivity contribution in [2.75, 3.05) is 6.54 Å². The van der Waals surface area contributed by atoms with Crippen LogP contribution in [0.15, 0.2) is 30.7 Å². The van der Waals surface area contributed by atoms with Gasteiger partial charge in [-0.25, -0.2) is 9.37 Å². The van der Waals surface area contributed by atoms with Crippen LogP contribution >= 0.6 is 11.6 Å². The summed E-state index contributed by atoms with van der Waals surface area (Å²) in [6.45, 7) is 0.557. The number of rotatable bonds is 3. The molecule has 1 heterocycles. The molecule has 0 amide bonds. The smallest absolute Gasteiger partial charge is 0.141 e. The maximum Gasteiger partial charge on any atom is 0.141 e. The Kier molecular flexibility index (Phi) is 3.22. The second-order valence-electron chi connectivity index (χ2n) is 3.41. The minimum absolute atomic E-state index is 0.103. The fourth-order valence-electron chi connectivity index (χ4n) is 1.43. The second-order valence-corrected chi connectivity index (χ2v) is 3.82. The van der Waals surface area contributed by atoms with Gasteiger partial charge in [-0.05, 0) is 24.7 Å². The summed E-state index contributed by atoms with van der Waals surface area (Å²) in [5, 5.41) is 0.103. The van der Waals surface area contributed by atoms with E-state index in [9.17, 15) is 4.39 Å². The van der Waals surface area contributed by atoms with Crippen molar-refractivity contribution >= 4 is 11.6 Å². The van der Waals surface area contributed by atoms with Crippen molar-refractivity contribution in [3.05, 3.63) is 47.3 Å². The zero-order valence-electron chi connectivity index (χ0n) is 8.53. The Morgan fingerprint density at radius 3 is 2.94 bits per heavy atom. The van der Waals surface area contributed by atoms with Crippen LogP contribution in [0.3, 0.4) is 0 Å². The van der Waals surface area contributed by atoms with Gasteiger partial charge in [0, 0.05) is 18.3 Å². The summed E-state index contributed by atoms with van der Waals surface area (Å²) in [7, 11) is 0. The molecule has 84 valence electrons. The first kappa shape index (κ1) is 11.1. The Labute approximate surface area is 97.7 Å². The van der Waals surface area contributed by atoms with Crippen molar-refractivity contribution in [3.8, 4) is 5.69 Å². The number of benzene rings is 1. The molecule has 0 bridgehead atoms. The third kappa shape index (κ3) is 2.23. The van der Waals surface area contributed by atoms with E-state index in [1.54, 1.807) is 23.0 Å². The maximum atomic E-state index is 13.0. The number of nitrogens with two attached hydrogens (primary N) is 1. The van der Waals surface area contributed by atoms with Crippen LogP contribution in [0.25, 0.3) is 5.69 Å². The number of hydrogen-bond acceptors (Lipinski definition) is 2. The summed E-state index contributed by atoms with van der Waals surface area (Å²) >= 11 is 5.70. The zero-order valence-corrected chi connectivity index (χ0v) is 9.28. The third-order valence-corrected chi connectivity index (χ3v) is 2.53. The van der Waals surface area contributed by atoms with Crippen LogP contribution in [0.5, 0.6) is 0 Å². The molecule has 2 N–H and O–H groups in total. The predicted molar refractivity (Wildman–Crippen MR) is 61.3 cm³/mol. The van der Waals surface area contributed by atoms with Crippen LogP contribution in [0, 0.1) is 5.82 Å². The first-order valence-corrected chi connectivity index (χ1v) is 5.27. The average molecular weight is 240 g/mol. The highest BCUT2D eigenvalue weighted by molar-refractivity contribution is 6.30. The lowest BCUT2D eigenvalue weighted by atomic mass is 10.3. The molecule has 2 aromatic rings. The molecule has 1 aromatic heterocycles. The maximum absolute atomic E-state index is 13.0. The molecule has 1 aromatic carbocycles. The lowest BCUT2D eigenvalue weighted by Gasteiger charge is -2.02. The molecule has 0 aliphatic carbocycles. The topological polar surface area (TPSA) is 43.8 Å². The van der Waals surface area contributed by atoms with Crippen molar-refractivity contribution in [3.63, 3.8) is 0 Å². The van der Waals surface area contributed by atoms with Crippen molar-refractivity contribution < 1.29 is 4.39 Å². The fraction of sp³-hybridized carbons (Fsp3) is 0.182. The fourth-order valence-corrected chi connectivity index (χ4v) is 1.60. The van der Waals surface area contributed by atoms with Gasteiger partial charge in [0.15, 0.2) is 0 Å². The Balaban J connectivity index is 2.31. The number of hydrogen-bond donors (Lipinski definition) is 1. The Bertz CT molecular complexity index is 496. The summed E-state index contributed by atoms with van der Waals surface area (Å²) in [5.41, 5.74) is 7.12.